The molecule has 15 heavy (non-hydrogen) atoms. The second-order valence-corrected chi connectivity index (χ2v) is 2.93. The van der Waals surface area contributed by atoms with Gasteiger partial charge in [0.05, 0.1) is 10.5 Å². The predicted octanol–water partition coefficient (Wildman–Crippen LogP) is 2.77. The van der Waals surface area contributed by atoms with Crippen molar-refractivity contribution in [2.45, 2.75) is 13.3 Å². The van der Waals surface area contributed by atoms with Crippen molar-refractivity contribution < 1.29 is 13.7 Å². The first-order chi connectivity index (χ1) is 7.04. The van der Waals surface area contributed by atoms with Crippen LogP contribution in [0.3, 0.4) is 0 Å². The Labute approximate surface area is 85.2 Å². The fraction of sp³-hybridized carbons (Fsp3) is 0.200. The van der Waals surface area contributed by atoms with Crippen molar-refractivity contribution in [2.24, 2.45) is 0 Å². The Morgan fingerprint density at radius 1 is 1.40 bits per heavy atom. The lowest BCUT2D eigenvalue weighted by Crippen LogP contribution is -1.93. The topological polar surface area (TPSA) is 43.1 Å². The van der Waals surface area contributed by atoms with E-state index in [1.807, 2.05) is 0 Å². The van der Waals surface area contributed by atoms with Crippen LogP contribution in [0.4, 0.5) is 8.78 Å². The van der Waals surface area contributed by atoms with Crippen LogP contribution < -0.4 is 0 Å². The van der Waals surface area contributed by atoms with Crippen molar-refractivity contribution >= 4 is 6.08 Å². The maximum Gasteiger partial charge on any atom is 0.235 e. The van der Waals surface area contributed by atoms with Crippen LogP contribution in [-0.4, -0.2) is 4.92 Å². The number of rotatable bonds is 3. The molecule has 1 aromatic rings. The van der Waals surface area contributed by atoms with E-state index >= 15 is 0 Å². The average Bonchev–Trinajstić information content (AvgIpc) is 2.15. The van der Waals surface area contributed by atoms with E-state index in [1.165, 1.54) is 12.1 Å². The molecule has 0 aromatic heterocycles. The number of nitrogens with zero attached hydrogens (tertiary/aromatic N) is 1. The van der Waals surface area contributed by atoms with Crippen LogP contribution in [0.2, 0.25) is 0 Å². The van der Waals surface area contributed by atoms with Gasteiger partial charge in [0.15, 0.2) is 0 Å². The molecule has 80 valence electrons. The van der Waals surface area contributed by atoms with Gasteiger partial charge >= 0.3 is 0 Å². The zero-order chi connectivity index (χ0) is 11.4. The Morgan fingerprint density at radius 3 is 2.33 bits per heavy atom. The lowest BCUT2D eigenvalue weighted by Gasteiger charge is -2.01. The maximum atomic E-state index is 13.2. The van der Waals surface area contributed by atoms with Crippen LogP contribution in [0, 0.1) is 21.7 Å². The summed E-state index contributed by atoms with van der Waals surface area (Å²) in [5.74, 6) is -1.57. The van der Waals surface area contributed by atoms with Crippen molar-refractivity contribution in [2.75, 3.05) is 0 Å². The first-order valence-corrected chi connectivity index (χ1v) is 4.34. The van der Waals surface area contributed by atoms with Gasteiger partial charge in [0.1, 0.15) is 11.6 Å². The highest BCUT2D eigenvalue weighted by molar-refractivity contribution is 5.50. The first kappa shape index (κ1) is 11.3. The minimum absolute atomic E-state index is 0.385. The molecule has 1 rings (SSSR count). The highest BCUT2D eigenvalue weighted by Gasteiger charge is 2.08. The summed E-state index contributed by atoms with van der Waals surface area (Å²) in [4.78, 5) is 9.22. The van der Waals surface area contributed by atoms with Crippen LogP contribution in [0.1, 0.15) is 18.1 Å². The van der Waals surface area contributed by atoms with Crippen LogP contribution >= 0.6 is 0 Å². The van der Waals surface area contributed by atoms with E-state index in [4.69, 9.17) is 0 Å². The highest BCUT2D eigenvalue weighted by Crippen LogP contribution is 2.17. The van der Waals surface area contributed by atoms with Gasteiger partial charge in [-0.1, -0.05) is 6.92 Å². The number of hydrogen-bond acceptors (Lipinski definition) is 2. The van der Waals surface area contributed by atoms with Gasteiger partial charge in [0, 0.05) is 6.08 Å². The van der Waals surface area contributed by atoms with Gasteiger partial charge in [-0.2, -0.15) is 0 Å². The van der Waals surface area contributed by atoms with Gasteiger partial charge in [-0.3, -0.25) is 10.1 Å². The minimum Gasteiger partial charge on any atom is -0.259 e. The van der Waals surface area contributed by atoms with Gasteiger partial charge in [0.25, 0.3) is 0 Å². The third-order valence-electron chi connectivity index (χ3n) is 1.91. The third kappa shape index (κ3) is 2.83. The first-order valence-electron chi connectivity index (χ1n) is 4.34. The van der Waals surface area contributed by atoms with E-state index in [0.29, 0.717) is 18.2 Å². The monoisotopic (exact) mass is 213 g/mol. The molecule has 0 unspecified atom stereocenters. The van der Waals surface area contributed by atoms with Gasteiger partial charge in [0.2, 0.25) is 6.20 Å². The summed E-state index contributed by atoms with van der Waals surface area (Å²) >= 11 is 0. The number of benzene rings is 1. The summed E-state index contributed by atoms with van der Waals surface area (Å²) in [6, 6.07) is 2.34. The van der Waals surface area contributed by atoms with E-state index in [0.717, 1.165) is 6.08 Å². The van der Waals surface area contributed by atoms with E-state index in [9.17, 15) is 18.9 Å². The number of halogens is 2. The fourth-order valence-corrected chi connectivity index (χ4v) is 1.14. The van der Waals surface area contributed by atoms with Crippen molar-refractivity contribution in [3.05, 3.63) is 51.2 Å². The summed E-state index contributed by atoms with van der Waals surface area (Å²) in [5.41, 5.74) is 0.132. The van der Waals surface area contributed by atoms with Gasteiger partial charge < -0.3 is 0 Å². The molecule has 0 amide bonds. The SMILES string of the molecule is CCc1cc(F)c(/C=C/[N+](=O)[O-])c(F)c1. The van der Waals surface area contributed by atoms with Gasteiger partial charge in [-0.15, -0.1) is 0 Å². The van der Waals surface area contributed by atoms with E-state index < -0.39 is 16.6 Å². The molecule has 0 aliphatic carbocycles. The molecule has 0 bridgehead atoms. The van der Waals surface area contributed by atoms with Crippen molar-refractivity contribution in [3.63, 3.8) is 0 Å². The Kier molecular flexibility index (Phi) is 3.49. The van der Waals surface area contributed by atoms with E-state index in [1.54, 1.807) is 6.92 Å². The second-order valence-electron chi connectivity index (χ2n) is 2.93. The summed E-state index contributed by atoms with van der Waals surface area (Å²) in [7, 11) is 0. The fourth-order valence-electron chi connectivity index (χ4n) is 1.14. The molecule has 0 radical (unpaired) electrons. The zero-order valence-corrected chi connectivity index (χ0v) is 8.04. The largest absolute Gasteiger partial charge is 0.259 e. The average molecular weight is 213 g/mol. The lowest BCUT2D eigenvalue weighted by molar-refractivity contribution is -0.401. The van der Waals surface area contributed by atoms with Crippen LogP contribution in [0.25, 0.3) is 6.08 Å². The Morgan fingerprint density at radius 2 is 1.93 bits per heavy atom. The Bertz CT molecular complexity index is 393. The predicted molar refractivity (Wildman–Crippen MR) is 51.8 cm³/mol. The number of nitro groups is 1. The molecule has 0 aliphatic rings. The molecule has 0 fully saturated rings. The van der Waals surface area contributed by atoms with Crippen LogP contribution in [0.5, 0.6) is 0 Å². The molecule has 0 N–H and O–H groups in total. The zero-order valence-electron chi connectivity index (χ0n) is 8.04. The Balaban J connectivity index is 3.14. The van der Waals surface area contributed by atoms with Gasteiger partial charge in [-0.25, -0.2) is 8.78 Å². The van der Waals surface area contributed by atoms with Crippen molar-refractivity contribution in [1.82, 2.24) is 0 Å². The standard InChI is InChI=1S/C10H9F2NO2/c1-2-7-5-9(11)8(10(12)6-7)3-4-13(14)15/h3-6H,2H2,1H3/b4-3+. The minimum atomic E-state index is -0.787. The van der Waals surface area contributed by atoms with Crippen molar-refractivity contribution in [1.29, 1.82) is 0 Å². The van der Waals surface area contributed by atoms with Crippen LogP contribution in [0.15, 0.2) is 18.3 Å². The molecular weight excluding hydrogens is 204 g/mol. The molecule has 0 saturated carbocycles. The summed E-state index contributed by atoms with van der Waals surface area (Å²) in [5, 5.41) is 9.99. The molecule has 1 aromatic carbocycles. The second kappa shape index (κ2) is 4.63. The number of aryl methyl sites for hydroxylation is 1. The molecular formula is C10H9F2NO2. The molecule has 0 atom stereocenters. The lowest BCUT2D eigenvalue weighted by atomic mass is 10.1. The molecule has 0 heterocycles. The maximum absolute atomic E-state index is 13.2. The quantitative estimate of drug-likeness (QED) is 0.572. The summed E-state index contributed by atoms with van der Waals surface area (Å²) in [6.07, 6.45) is 1.82. The Hall–Kier alpha value is -1.78. The highest BCUT2D eigenvalue weighted by atomic mass is 19.1. The number of hydrogen-bond donors (Lipinski definition) is 0. The normalized spacial score (nSPS) is 10.9. The molecule has 0 aliphatic heterocycles. The third-order valence-corrected chi connectivity index (χ3v) is 1.91. The van der Waals surface area contributed by atoms with Crippen molar-refractivity contribution in [3.8, 4) is 0 Å². The van der Waals surface area contributed by atoms with E-state index in [-0.39, 0.29) is 5.56 Å². The molecule has 3 nitrogen and oxygen atoms in total. The molecule has 5 heteroatoms. The molecule has 0 saturated heterocycles. The summed E-state index contributed by atoms with van der Waals surface area (Å²) in [6.45, 7) is 1.76. The summed E-state index contributed by atoms with van der Waals surface area (Å²) < 4.78 is 26.5. The molecule has 0 spiro atoms. The van der Waals surface area contributed by atoms with Crippen LogP contribution in [-0.2, 0) is 6.42 Å². The van der Waals surface area contributed by atoms with Gasteiger partial charge in [-0.05, 0) is 24.1 Å². The smallest absolute Gasteiger partial charge is 0.235 e. The van der Waals surface area contributed by atoms with E-state index in [2.05, 4.69) is 0 Å².